The number of nitrogens with zero attached hydrogens (tertiary/aromatic N) is 2. The van der Waals surface area contributed by atoms with Crippen LogP contribution < -0.4 is 5.32 Å². The summed E-state index contributed by atoms with van der Waals surface area (Å²) in [7, 11) is 0. The molecule has 3 aromatic rings. The van der Waals surface area contributed by atoms with E-state index >= 15 is 0 Å². The normalized spacial score (nSPS) is 14.9. The van der Waals surface area contributed by atoms with E-state index in [1.807, 2.05) is 36.5 Å². The van der Waals surface area contributed by atoms with Gasteiger partial charge in [-0.3, -0.25) is 5.32 Å². The summed E-state index contributed by atoms with van der Waals surface area (Å²) in [6.07, 6.45) is 9.39. The third-order valence-corrected chi connectivity index (χ3v) is 6.84. The number of aryl methyl sites for hydroxylation is 3. The lowest BCUT2D eigenvalue weighted by atomic mass is 9.99. The molecule has 7 heteroatoms. The van der Waals surface area contributed by atoms with Crippen LogP contribution in [0.4, 0.5) is 10.5 Å². The number of amides is 1. The standard InChI is InChI=1S/C27H29N3O4/c31-26(32)24(13-2-7-18-6-1-10-21(16-18)30-15-5-14-28-30)34-27(33)29-25-22-11-3-8-19(22)17-20-9-4-12-23(20)25/h1,5-6,10,14-17,24H,2-4,7-9,11-13H2,(H,29,33)(H,31,32)/t24-/m1/s1. The molecular weight excluding hydrogens is 430 g/mol. The molecule has 0 fully saturated rings. The van der Waals surface area contributed by atoms with Crippen LogP contribution in [-0.4, -0.2) is 33.1 Å². The maximum Gasteiger partial charge on any atom is 0.412 e. The van der Waals surface area contributed by atoms with Crippen LogP contribution in [0.5, 0.6) is 0 Å². The van der Waals surface area contributed by atoms with Crippen molar-refractivity contribution in [2.24, 2.45) is 0 Å². The summed E-state index contributed by atoms with van der Waals surface area (Å²) < 4.78 is 7.18. The van der Waals surface area contributed by atoms with Gasteiger partial charge in [0.15, 0.2) is 0 Å². The van der Waals surface area contributed by atoms with Gasteiger partial charge < -0.3 is 9.84 Å². The highest BCUT2D eigenvalue weighted by Gasteiger charge is 2.27. The van der Waals surface area contributed by atoms with Gasteiger partial charge in [0, 0.05) is 12.4 Å². The molecule has 2 aliphatic rings. The number of hydrogen-bond acceptors (Lipinski definition) is 4. The van der Waals surface area contributed by atoms with Crippen LogP contribution in [0.15, 0.2) is 48.8 Å². The first kappa shape index (κ1) is 22.2. The highest BCUT2D eigenvalue weighted by molar-refractivity contribution is 5.90. The van der Waals surface area contributed by atoms with Crippen molar-refractivity contribution in [1.29, 1.82) is 0 Å². The van der Waals surface area contributed by atoms with Crippen LogP contribution in [0.2, 0.25) is 0 Å². The molecule has 0 radical (unpaired) electrons. The van der Waals surface area contributed by atoms with Gasteiger partial charge >= 0.3 is 12.1 Å². The quantitative estimate of drug-likeness (QED) is 0.501. The Balaban J connectivity index is 1.20. The molecule has 7 nitrogen and oxygen atoms in total. The zero-order chi connectivity index (χ0) is 23.5. The van der Waals surface area contributed by atoms with Crippen molar-refractivity contribution in [3.05, 3.63) is 76.6 Å². The smallest absolute Gasteiger partial charge is 0.412 e. The first-order chi connectivity index (χ1) is 16.6. The van der Waals surface area contributed by atoms with E-state index in [0.29, 0.717) is 12.8 Å². The summed E-state index contributed by atoms with van der Waals surface area (Å²) in [5.41, 5.74) is 7.91. The number of anilines is 1. The highest BCUT2D eigenvalue weighted by Crippen LogP contribution is 2.38. The average molecular weight is 460 g/mol. The number of carbonyl (C=O) groups is 2. The number of aliphatic carboxylic acids is 1. The Hall–Kier alpha value is -3.61. The third kappa shape index (κ3) is 4.69. The Morgan fingerprint density at radius 2 is 1.82 bits per heavy atom. The largest absolute Gasteiger partial charge is 0.479 e. The zero-order valence-electron chi connectivity index (χ0n) is 19.1. The second kappa shape index (κ2) is 9.71. The van der Waals surface area contributed by atoms with Gasteiger partial charge in [0.1, 0.15) is 0 Å². The lowest BCUT2D eigenvalue weighted by molar-refractivity contribution is -0.146. The Labute approximate surface area is 198 Å². The van der Waals surface area contributed by atoms with Gasteiger partial charge in [-0.1, -0.05) is 18.2 Å². The van der Waals surface area contributed by atoms with Crippen LogP contribution in [0, 0.1) is 0 Å². The minimum atomic E-state index is -1.18. The molecule has 0 aliphatic heterocycles. The number of rotatable bonds is 8. The predicted molar refractivity (Wildman–Crippen MR) is 129 cm³/mol. The van der Waals surface area contributed by atoms with Crippen molar-refractivity contribution in [3.8, 4) is 5.69 Å². The number of hydrogen-bond donors (Lipinski definition) is 2. The minimum Gasteiger partial charge on any atom is -0.479 e. The van der Waals surface area contributed by atoms with E-state index in [0.717, 1.165) is 55.5 Å². The number of fused-ring (bicyclic) bond motifs is 2. The molecule has 1 aromatic heterocycles. The number of ether oxygens (including phenoxy) is 1. The van der Waals surface area contributed by atoms with Gasteiger partial charge in [-0.2, -0.15) is 5.10 Å². The van der Waals surface area contributed by atoms with Gasteiger partial charge in [0.25, 0.3) is 0 Å². The maximum absolute atomic E-state index is 12.7. The summed E-state index contributed by atoms with van der Waals surface area (Å²) in [6.45, 7) is 0. The first-order valence-electron chi connectivity index (χ1n) is 12.0. The van der Waals surface area contributed by atoms with Gasteiger partial charge in [0.2, 0.25) is 6.10 Å². The molecule has 34 heavy (non-hydrogen) atoms. The monoisotopic (exact) mass is 459 g/mol. The third-order valence-electron chi connectivity index (χ3n) is 6.84. The Bertz CT molecular complexity index is 1170. The molecule has 2 aromatic carbocycles. The van der Waals surface area contributed by atoms with Crippen molar-refractivity contribution in [3.63, 3.8) is 0 Å². The molecule has 0 bridgehead atoms. The number of carboxylic acid groups (broad SMARTS) is 1. The molecule has 2 aliphatic carbocycles. The molecule has 1 heterocycles. The number of aromatic nitrogens is 2. The second-order valence-corrected chi connectivity index (χ2v) is 9.10. The number of nitrogens with one attached hydrogen (secondary N) is 1. The number of carbonyl (C=O) groups excluding carboxylic acids is 1. The van der Waals surface area contributed by atoms with E-state index in [4.69, 9.17) is 4.74 Å². The van der Waals surface area contributed by atoms with Crippen LogP contribution >= 0.6 is 0 Å². The van der Waals surface area contributed by atoms with Gasteiger partial charge in [-0.15, -0.1) is 0 Å². The summed E-state index contributed by atoms with van der Waals surface area (Å²) in [5.74, 6) is -1.12. The second-order valence-electron chi connectivity index (χ2n) is 9.10. The van der Waals surface area contributed by atoms with Gasteiger partial charge in [-0.05, 0) is 104 Å². The molecule has 0 saturated carbocycles. The molecule has 5 rings (SSSR count). The van der Waals surface area contributed by atoms with Crippen molar-refractivity contribution in [2.75, 3.05) is 5.32 Å². The van der Waals surface area contributed by atoms with Crippen LogP contribution in [0.3, 0.4) is 0 Å². The Morgan fingerprint density at radius 1 is 1.06 bits per heavy atom. The number of carboxylic acids is 1. The summed E-state index contributed by atoms with van der Waals surface area (Å²) in [4.78, 5) is 24.5. The topological polar surface area (TPSA) is 93.5 Å². The van der Waals surface area contributed by atoms with Crippen LogP contribution in [0.25, 0.3) is 5.69 Å². The van der Waals surface area contributed by atoms with Crippen LogP contribution in [-0.2, 0) is 41.6 Å². The highest BCUT2D eigenvalue weighted by atomic mass is 16.6. The maximum atomic E-state index is 12.7. The molecular formula is C27H29N3O4. The first-order valence-corrected chi connectivity index (χ1v) is 12.0. The van der Waals surface area contributed by atoms with Crippen molar-refractivity contribution in [2.45, 2.75) is 63.9 Å². The molecule has 0 unspecified atom stereocenters. The summed E-state index contributed by atoms with van der Waals surface area (Å²) in [5, 5.41) is 16.8. The fourth-order valence-electron chi connectivity index (χ4n) is 5.23. The molecule has 0 spiro atoms. The van der Waals surface area contributed by atoms with E-state index in [-0.39, 0.29) is 6.42 Å². The van der Waals surface area contributed by atoms with E-state index in [1.165, 1.54) is 22.3 Å². The average Bonchev–Trinajstić information content (AvgIpc) is 3.59. The van der Waals surface area contributed by atoms with Gasteiger partial charge in [0.05, 0.1) is 11.4 Å². The van der Waals surface area contributed by atoms with Crippen molar-refractivity contribution < 1.29 is 19.4 Å². The predicted octanol–water partition coefficient (Wildman–Crippen LogP) is 4.87. The van der Waals surface area contributed by atoms with E-state index in [2.05, 4.69) is 16.5 Å². The van der Waals surface area contributed by atoms with Crippen molar-refractivity contribution in [1.82, 2.24) is 9.78 Å². The fraction of sp³-hybridized carbons (Fsp3) is 0.370. The molecule has 1 atom stereocenters. The Kier molecular flexibility index (Phi) is 6.34. The minimum absolute atomic E-state index is 0.250. The molecule has 0 saturated heterocycles. The van der Waals surface area contributed by atoms with Gasteiger partial charge in [-0.25, -0.2) is 14.3 Å². The molecule has 1 amide bonds. The zero-order valence-corrected chi connectivity index (χ0v) is 19.1. The summed E-state index contributed by atoms with van der Waals surface area (Å²) in [6, 6.07) is 12.1. The molecule has 176 valence electrons. The van der Waals surface area contributed by atoms with E-state index in [1.54, 1.807) is 10.9 Å². The van der Waals surface area contributed by atoms with Crippen molar-refractivity contribution >= 4 is 17.7 Å². The molecule has 2 N–H and O–H groups in total. The Morgan fingerprint density at radius 3 is 2.50 bits per heavy atom. The fourth-order valence-corrected chi connectivity index (χ4v) is 5.23. The SMILES string of the molecule is O=C(Nc1c2c(cc3c1CCC3)CCC2)O[C@H](CCCc1cccc(-n2cccn2)c1)C(=O)O. The lowest BCUT2D eigenvalue weighted by Gasteiger charge is -2.18. The van der Waals surface area contributed by atoms with Crippen LogP contribution in [0.1, 0.15) is 53.5 Å². The summed E-state index contributed by atoms with van der Waals surface area (Å²) >= 11 is 0. The van der Waals surface area contributed by atoms with E-state index < -0.39 is 18.2 Å². The van der Waals surface area contributed by atoms with E-state index in [9.17, 15) is 14.7 Å². The number of benzene rings is 2. The lowest BCUT2D eigenvalue weighted by Crippen LogP contribution is -2.30.